The SMILES string of the molecule is CC.CNc1cc2c(cc1Br)OCO2. The van der Waals surface area contributed by atoms with Gasteiger partial charge in [0.05, 0.1) is 5.69 Å². The molecule has 0 spiro atoms. The molecule has 78 valence electrons. The van der Waals surface area contributed by atoms with Crippen molar-refractivity contribution in [1.29, 1.82) is 0 Å². The Morgan fingerprint density at radius 2 is 1.79 bits per heavy atom. The topological polar surface area (TPSA) is 30.5 Å². The normalized spacial score (nSPS) is 11.7. The molecule has 2 rings (SSSR count). The van der Waals surface area contributed by atoms with E-state index in [2.05, 4.69) is 21.2 Å². The van der Waals surface area contributed by atoms with E-state index in [1.807, 2.05) is 33.0 Å². The monoisotopic (exact) mass is 259 g/mol. The summed E-state index contributed by atoms with van der Waals surface area (Å²) < 4.78 is 11.4. The Kier molecular flexibility index (Phi) is 4.07. The van der Waals surface area contributed by atoms with Crippen molar-refractivity contribution in [3.05, 3.63) is 16.6 Å². The van der Waals surface area contributed by atoms with Crippen molar-refractivity contribution in [1.82, 2.24) is 0 Å². The van der Waals surface area contributed by atoms with Crippen molar-refractivity contribution in [3.63, 3.8) is 0 Å². The number of fused-ring (bicyclic) bond motifs is 1. The van der Waals surface area contributed by atoms with E-state index in [4.69, 9.17) is 9.47 Å². The number of hydrogen-bond donors (Lipinski definition) is 1. The number of ether oxygens (including phenoxy) is 2. The van der Waals surface area contributed by atoms with Gasteiger partial charge in [-0.2, -0.15) is 0 Å². The molecule has 0 bridgehead atoms. The summed E-state index contributed by atoms with van der Waals surface area (Å²) in [7, 11) is 1.86. The van der Waals surface area contributed by atoms with E-state index in [1.54, 1.807) is 0 Å². The summed E-state index contributed by atoms with van der Waals surface area (Å²) in [6.07, 6.45) is 0. The van der Waals surface area contributed by atoms with E-state index in [0.717, 1.165) is 21.7 Å². The first kappa shape index (κ1) is 11.2. The average Bonchev–Trinajstić information content (AvgIpc) is 2.66. The highest BCUT2D eigenvalue weighted by molar-refractivity contribution is 9.10. The summed E-state index contributed by atoms with van der Waals surface area (Å²) >= 11 is 3.41. The first-order valence-electron chi connectivity index (χ1n) is 4.58. The third-order valence-corrected chi connectivity index (χ3v) is 2.39. The lowest BCUT2D eigenvalue weighted by Gasteiger charge is -2.04. The van der Waals surface area contributed by atoms with Crippen molar-refractivity contribution in [2.24, 2.45) is 0 Å². The van der Waals surface area contributed by atoms with Crippen LogP contribution in [0.25, 0.3) is 0 Å². The molecule has 3 nitrogen and oxygen atoms in total. The number of rotatable bonds is 1. The molecule has 4 heteroatoms. The molecule has 0 saturated carbocycles. The molecule has 0 aromatic heterocycles. The minimum absolute atomic E-state index is 0.314. The van der Waals surface area contributed by atoms with Gasteiger partial charge in [0.2, 0.25) is 6.79 Å². The smallest absolute Gasteiger partial charge is 0.231 e. The van der Waals surface area contributed by atoms with Gasteiger partial charge in [0.1, 0.15) is 0 Å². The second-order valence-corrected chi connectivity index (χ2v) is 3.29. The molecule has 1 heterocycles. The van der Waals surface area contributed by atoms with Gasteiger partial charge in [-0.3, -0.25) is 0 Å². The summed E-state index contributed by atoms with van der Waals surface area (Å²) in [5.74, 6) is 1.59. The molecule has 14 heavy (non-hydrogen) atoms. The Hall–Kier alpha value is -0.900. The molecule has 0 amide bonds. The van der Waals surface area contributed by atoms with Crippen LogP contribution in [0.2, 0.25) is 0 Å². The summed E-state index contributed by atoms with van der Waals surface area (Å²) in [6.45, 7) is 4.31. The maximum absolute atomic E-state index is 5.21. The van der Waals surface area contributed by atoms with Crippen LogP contribution in [0.4, 0.5) is 5.69 Å². The van der Waals surface area contributed by atoms with Crippen molar-refractivity contribution in [2.45, 2.75) is 13.8 Å². The van der Waals surface area contributed by atoms with Gasteiger partial charge in [-0.15, -0.1) is 0 Å². The van der Waals surface area contributed by atoms with E-state index in [1.165, 1.54) is 0 Å². The highest BCUT2D eigenvalue weighted by Crippen LogP contribution is 2.38. The third-order valence-electron chi connectivity index (χ3n) is 1.73. The summed E-state index contributed by atoms with van der Waals surface area (Å²) in [5.41, 5.74) is 0.999. The van der Waals surface area contributed by atoms with E-state index in [-0.39, 0.29) is 0 Å². The molecule has 0 atom stereocenters. The fourth-order valence-corrected chi connectivity index (χ4v) is 1.63. The van der Waals surface area contributed by atoms with Crippen molar-refractivity contribution >= 4 is 21.6 Å². The predicted molar refractivity (Wildman–Crippen MR) is 61.2 cm³/mol. The van der Waals surface area contributed by atoms with Gasteiger partial charge in [0.15, 0.2) is 11.5 Å². The number of halogens is 1. The lowest BCUT2D eigenvalue weighted by molar-refractivity contribution is 0.174. The number of anilines is 1. The molecule has 1 aromatic carbocycles. The van der Waals surface area contributed by atoms with E-state index in [0.29, 0.717) is 6.79 Å². The summed E-state index contributed by atoms with van der Waals surface area (Å²) in [4.78, 5) is 0. The van der Waals surface area contributed by atoms with Crippen LogP contribution in [0.15, 0.2) is 16.6 Å². The van der Waals surface area contributed by atoms with Crippen molar-refractivity contribution in [2.75, 3.05) is 19.2 Å². The second kappa shape index (κ2) is 5.10. The predicted octanol–water partition coefficient (Wildman–Crippen LogP) is 3.25. The van der Waals surface area contributed by atoms with E-state index in [9.17, 15) is 0 Å². The quantitative estimate of drug-likeness (QED) is 0.840. The Morgan fingerprint density at radius 3 is 2.36 bits per heavy atom. The van der Waals surface area contributed by atoms with Crippen LogP contribution in [0.1, 0.15) is 13.8 Å². The minimum atomic E-state index is 0.314. The molecular weight excluding hydrogens is 246 g/mol. The van der Waals surface area contributed by atoms with Crippen LogP contribution in [-0.4, -0.2) is 13.8 Å². The molecule has 1 N–H and O–H groups in total. The van der Waals surface area contributed by atoms with Gasteiger partial charge in [-0.1, -0.05) is 13.8 Å². The second-order valence-electron chi connectivity index (χ2n) is 2.44. The Balaban J connectivity index is 0.000000461. The summed E-state index contributed by atoms with van der Waals surface area (Å²) in [5, 5.41) is 3.04. The molecule has 0 saturated heterocycles. The minimum Gasteiger partial charge on any atom is -0.454 e. The largest absolute Gasteiger partial charge is 0.454 e. The van der Waals surface area contributed by atoms with Gasteiger partial charge < -0.3 is 14.8 Å². The zero-order valence-electron chi connectivity index (χ0n) is 8.56. The zero-order valence-corrected chi connectivity index (χ0v) is 10.1. The fraction of sp³-hybridized carbons (Fsp3) is 0.400. The molecule has 0 fully saturated rings. The lowest BCUT2D eigenvalue weighted by Crippen LogP contribution is -1.93. The Bertz CT molecular complexity index is 314. The number of hydrogen-bond acceptors (Lipinski definition) is 3. The highest BCUT2D eigenvalue weighted by atomic mass is 79.9. The molecule has 0 radical (unpaired) electrons. The maximum atomic E-state index is 5.21. The van der Waals surface area contributed by atoms with E-state index >= 15 is 0 Å². The first-order chi connectivity index (χ1) is 6.81. The standard InChI is InChI=1S/C8H8BrNO2.C2H6/c1-10-6-3-8-7(2-5(6)9)11-4-12-8;1-2/h2-3,10H,4H2,1H3;1-2H3. The van der Waals surface area contributed by atoms with Gasteiger partial charge in [-0.05, 0) is 15.9 Å². The van der Waals surface area contributed by atoms with Gasteiger partial charge >= 0.3 is 0 Å². The van der Waals surface area contributed by atoms with Gasteiger partial charge in [-0.25, -0.2) is 0 Å². The molecular formula is C10H14BrNO2. The van der Waals surface area contributed by atoms with Crippen molar-refractivity contribution in [3.8, 4) is 11.5 Å². The van der Waals surface area contributed by atoms with Crippen molar-refractivity contribution < 1.29 is 9.47 Å². The first-order valence-corrected chi connectivity index (χ1v) is 5.37. The van der Waals surface area contributed by atoms with Crippen LogP contribution >= 0.6 is 15.9 Å². The summed E-state index contributed by atoms with van der Waals surface area (Å²) in [6, 6.07) is 3.81. The van der Waals surface area contributed by atoms with Crippen LogP contribution < -0.4 is 14.8 Å². The number of benzene rings is 1. The molecule has 0 unspecified atom stereocenters. The maximum Gasteiger partial charge on any atom is 0.231 e. The van der Waals surface area contributed by atoms with Crippen LogP contribution in [0.3, 0.4) is 0 Å². The number of nitrogens with one attached hydrogen (secondary N) is 1. The highest BCUT2D eigenvalue weighted by Gasteiger charge is 2.15. The Labute approximate surface area is 92.5 Å². The molecule has 1 aliphatic rings. The van der Waals surface area contributed by atoms with Crippen LogP contribution in [0, 0.1) is 0 Å². The zero-order chi connectivity index (χ0) is 10.6. The third kappa shape index (κ3) is 2.12. The lowest BCUT2D eigenvalue weighted by atomic mass is 10.3. The molecule has 1 aliphatic heterocycles. The fourth-order valence-electron chi connectivity index (χ4n) is 1.11. The van der Waals surface area contributed by atoms with Gasteiger partial charge in [0, 0.05) is 23.7 Å². The van der Waals surface area contributed by atoms with Crippen LogP contribution in [0.5, 0.6) is 11.5 Å². The van der Waals surface area contributed by atoms with Gasteiger partial charge in [0.25, 0.3) is 0 Å². The Morgan fingerprint density at radius 1 is 1.21 bits per heavy atom. The van der Waals surface area contributed by atoms with Crippen LogP contribution in [-0.2, 0) is 0 Å². The van der Waals surface area contributed by atoms with E-state index < -0.39 is 0 Å². The average molecular weight is 260 g/mol. The molecule has 0 aliphatic carbocycles. The molecule has 1 aromatic rings.